The summed E-state index contributed by atoms with van der Waals surface area (Å²) in [5, 5.41) is 11.5. The van der Waals surface area contributed by atoms with Gasteiger partial charge in [-0.05, 0) is 78.2 Å². The zero-order valence-electron chi connectivity index (χ0n) is 21.4. The molecule has 2 aromatic carbocycles. The first-order valence-corrected chi connectivity index (χ1v) is 12.3. The second-order valence-electron chi connectivity index (χ2n) is 9.57. The fourth-order valence-electron chi connectivity index (χ4n) is 4.71. The predicted octanol–water partition coefficient (Wildman–Crippen LogP) is 6.63. The maximum absolute atomic E-state index is 13.7. The number of benzene rings is 2. The Kier molecular flexibility index (Phi) is 8.07. The summed E-state index contributed by atoms with van der Waals surface area (Å²) in [6.45, 7) is 2.49. The Bertz CT molecular complexity index is 1290. The van der Waals surface area contributed by atoms with Crippen molar-refractivity contribution in [2.45, 2.75) is 57.4 Å². The van der Waals surface area contributed by atoms with Crippen LogP contribution in [0, 0.1) is 0 Å². The van der Waals surface area contributed by atoms with Gasteiger partial charge in [0.15, 0.2) is 0 Å². The molecule has 15 heteroatoms. The van der Waals surface area contributed by atoms with Gasteiger partial charge in [0, 0.05) is 19.1 Å². The highest BCUT2D eigenvalue weighted by atomic mass is 19.4. The summed E-state index contributed by atoms with van der Waals surface area (Å²) in [5.41, 5.74) is -3.55. The summed E-state index contributed by atoms with van der Waals surface area (Å²) in [7, 11) is 1.40. The van der Waals surface area contributed by atoms with Crippen LogP contribution < -0.4 is 4.90 Å². The Morgan fingerprint density at radius 3 is 1.88 bits per heavy atom. The molecule has 0 spiro atoms. The van der Waals surface area contributed by atoms with Gasteiger partial charge in [-0.2, -0.15) is 44.3 Å². The van der Waals surface area contributed by atoms with Crippen molar-refractivity contribution in [3.8, 4) is 0 Å². The van der Waals surface area contributed by atoms with E-state index in [1.165, 1.54) is 18.0 Å². The van der Waals surface area contributed by atoms with E-state index in [1.807, 2.05) is 6.92 Å². The van der Waals surface area contributed by atoms with Gasteiger partial charge in [-0.1, -0.05) is 18.1 Å². The number of rotatable bonds is 8. The minimum Gasteiger partial charge on any atom is -0.330 e. The third kappa shape index (κ3) is 6.67. The van der Waals surface area contributed by atoms with Gasteiger partial charge < -0.3 is 4.90 Å². The van der Waals surface area contributed by atoms with Crippen molar-refractivity contribution in [2.75, 3.05) is 18.0 Å². The first-order chi connectivity index (χ1) is 18.6. The van der Waals surface area contributed by atoms with Gasteiger partial charge in [-0.25, -0.2) is 0 Å². The molecule has 3 aromatic rings. The van der Waals surface area contributed by atoms with Gasteiger partial charge in [-0.15, -0.1) is 5.10 Å². The smallest absolute Gasteiger partial charge is 0.330 e. The average Bonchev–Trinajstić information content (AvgIpc) is 3.25. The van der Waals surface area contributed by atoms with E-state index in [-0.39, 0.29) is 35.7 Å². The lowest BCUT2D eigenvalue weighted by Gasteiger charge is -2.39. The third-order valence-corrected chi connectivity index (χ3v) is 6.71. The zero-order valence-corrected chi connectivity index (χ0v) is 21.4. The van der Waals surface area contributed by atoms with Crippen LogP contribution in [0.2, 0.25) is 0 Å². The van der Waals surface area contributed by atoms with Crippen LogP contribution in [0.4, 0.5) is 45.5 Å². The van der Waals surface area contributed by atoms with Crippen molar-refractivity contribution in [1.82, 2.24) is 25.1 Å². The average molecular weight is 580 g/mol. The van der Waals surface area contributed by atoms with E-state index in [0.29, 0.717) is 24.1 Å². The number of tetrazole rings is 1. The molecule has 1 atom stereocenters. The van der Waals surface area contributed by atoms with Crippen molar-refractivity contribution in [2.24, 2.45) is 7.05 Å². The van der Waals surface area contributed by atoms with Crippen molar-refractivity contribution in [3.05, 3.63) is 69.8 Å². The predicted molar refractivity (Wildman–Crippen MR) is 126 cm³/mol. The highest BCUT2D eigenvalue weighted by Gasteiger charge is 2.37. The first kappa shape index (κ1) is 29.6. The van der Waals surface area contributed by atoms with E-state index < -0.39 is 41.8 Å². The molecule has 0 radical (unpaired) electrons. The van der Waals surface area contributed by atoms with Crippen molar-refractivity contribution >= 4 is 5.95 Å². The van der Waals surface area contributed by atoms with Crippen molar-refractivity contribution in [3.63, 3.8) is 0 Å². The SMILES string of the molecule is CCC(c1ccc(C(F)(F)F)cc1CN(Cc1cc(C(F)(F)F)cc(C(F)(F)F)c1)c1nnn(C)n1)N1CCC1. The number of hydrogen-bond donors (Lipinski definition) is 0. The highest BCUT2D eigenvalue weighted by Crippen LogP contribution is 2.38. The van der Waals surface area contributed by atoms with Crippen LogP contribution in [-0.2, 0) is 38.7 Å². The summed E-state index contributed by atoms with van der Waals surface area (Å²) < 4.78 is 122. The lowest BCUT2D eigenvalue weighted by Crippen LogP contribution is -2.40. The van der Waals surface area contributed by atoms with Crippen molar-refractivity contribution < 1.29 is 39.5 Å². The molecule has 0 saturated carbocycles. The monoisotopic (exact) mass is 580 g/mol. The number of alkyl halides is 9. The van der Waals surface area contributed by atoms with Crippen LogP contribution in [0.5, 0.6) is 0 Å². The number of halogens is 9. The lowest BCUT2D eigenvalue weighted by atomic mass is 9.92. The minimum atomic E-state index is -5.06. The third-order valence-electron chi connectivity index (χ3n) is 6.71. The molecule has 218 valence electrons. The number of nitrogens with zero attached hydrogens (tertiary/aromatic N) is 6. The molecule has 0 amide bonds. The first-order valence-electron chi connectivity index (χ1n) is 12.3. The molecule has 6 nitrogen and oxygen atoms in total. The van der Waals surface area contributed by atoms with Gasteiger partial charge in [-0.3, -0.25) is 4.90 Å². The van der Waals surface area contributed by atoms with E-state index in [1.54, 1.807) is 0 Å². The van der Waals surface area contributed by atoms with Gasteiger partial charge in [0.25, 0.3) is 5.95 Å². The van der Waals surface area contributed by atoms with Crippen LogP contribution in [0.25, 0.3) is 0 Å². The molecule has 1 aliphatic heterocycles. The number of hydrogen-bond acceptors (Lipinski definition) is 5. The van der Waals surface area contributed by atoms with E-state index in [2.05, 4.69) is 20.3 Å². The van der Waals surface area contributed by atoms with Crippen LogP contribution >= 0.6 is 0 Å². The number of aryl methyl sites for hydroxylation is 1. The maximum Gasteiger partial charge on any atom is 0.416 e. The van der Waals surface area contributed by atoms with E-state index >= 15 is 0 Å². The molecule has 40 heavy (non-hydrogen) atoms. The topological polar surface area (TPSA) is 50.1 Å². The van der Waals surface area contributed by atoms with E-state index in [0.717, 1.165) is 36.4 Å². The van der Waals surface area contributed by atoms with Crippen LogP contribution in [-0.4, -0.2) is 38.2 Å². The molecular formula is C25H25F9N6. The molecule has 0 N–H and O–H groups in total. The fraction of sp³-hybridized carbons (Fsp3) is 0.480. The molecule has 2 heterocycles. The van der Waals surface area contributed by atoms with Gasteiger partial charge in [0.05, 0.1) is 23.7 Å². The maximum atomic E-state index is 13.7. The summed E-state index contributed by atoms with van der Waals surface area (Å²) in [6.07, 6.45) is -13.3. The summed E-state index contributed by atoms with van der Waals surface area (Å²) in [4.78, 5) is 4.33. The molecule has 1 unspecified atom stereocenters. The fourth-order valence-corrected chi connectivity index (χ4v) is 4.71. The minimum absolute atomic E-state index is 0.0121. The number of anilines is 1. The Hall–Kier alpha value is -3.36. The molecule has 4 rings (SSSR count). The van der Waals surface area contributed by atoms with Gasteiger partial charge in [0.1, 0.15) is 0 Å². The number of likely N-dealkylation sites (tertiary alicyclic amines) is 1. The second kappa shape index (κ2) is 10.9. The summed E-state index contributed by atoms with van der Waals surface area (Å²) in [6, 6.07) is 4.22. The van der Waals surface area contributed by atoms with Gasteiger partial charge >= 0.3 is 18.5 Å². The molecular weight excluding hydrogens is 555 g/mol. The zero-order chi connectivity index (χ0) is 29.5. The Morgan fingerprint density at radius 1 is 0.825 bits per heavy atom. The molecule has 1 saturated heterocycles. The van der Waals surface area contributed by atoms with Crippen LogP contribution in [0.1, 0.15) is 59.2 Å². The largest absolute Gasteiger partial charge is 0.416 e. The highest BCUT2D eigenvalue weighted by molar-refractivity contribution is 5.42. The van der Waals surface area contributed by atoms with Crippen LogP contribution in [0.3, 0.4) is 0 Å². The van der Waals surface area contributed by atoms with Crippen molar-refractivity contribution in [1.29, 1.82) is 0 Å². The normalized spacial score (nSPS) is 15.7. The molecule has 0 bridgehead atoms. The summed E-state index contributed by atoms with van der Waals surface area (Å²) >= 11 is 0. The van der Waals surface area contributed by atoms with E-state index in [9.17, 15) is 39.5 Å². The second-order valence-corrected chi connectivity index (χ2v) is 9.57. The Balaban J connectivity index is 1.80. The van der Waals surface area contributed by atoms with Gasteiger partial charge in [0.2, 0.25) is 0 Å². The van der Waals surface area contributed by atoms with Crippen LogP contribution in [0.15, 0.2) is 36.4 Å². The molecule has 1 fully saturated rings. The quantitative estimate of drug-likeness (QED) is 0.280. The molecule has 0 aliphatic carbocycles. The van der Waals surface area contributed by atoms with E-state index in [4.69, 9.17) is 0 Å². The molecule has 1 aromatic heterocycles. The Morgan fingerprint density at radius 2 is 1.43 bits per heavy atom. The lowest BCUT2D eigenvalue weighted by molar-refractivity contribution is -0.143. The Labute approximate surface area is 223 Å². The number of aromatic nitrogens is 4. The summed E-state index contributed by atoms with van der Waals surface area (Å²) in [5.74, 6) is -0.172. The standard InChI is InChI=1S/C25H25F9N6/c1-3-21(39-7-4-8-39)20-6-5-17(23(26,27)28)11-16(20)14-40(22-35-37-38(2)36-22)13-15-9-18(24(29,30)31)12-19(10-15)25(32,33)34/h5-6,9-12,21H,3-4,7-8,13-14H2,1-2H3. The molecule has 1 aliphatic rings.